The van der Waals surface area contributed by atoms with Crippen molar-refractivity contribution in [1.29, 1.82) is 0 Å². The minimum atomic E-state index is -0.343. The van der Waals surface area contributed by atoms with E-state index in [1.54, 1.807) is 42.5 Å². The first-order valence-electron chi connectivity index (χ1n) is 8.81. The van der Waals surface area contributed by atoms with Crippen LogP contribution in [0.1, 0.15) is 32.7 Å². The maximum Gasteiger partial charge on any atom is 0.274 e. The SMILES string of the molecule is Cc1c(C(=O)NC(c2ccc(Cl)cc2)c2cccs2)nnn1-c1ccc(F)cc1. The van der Waals surface area contributed by atoms with Crippen LogP contribution in [0.5, 0.6) is 0 Å². The van der Waals surface area contributed by atoms with E-state index in [2.05, 4.69) is 15.6 Å². The first-order chi connectivity index (χ1) is 14.0. The Morgan fingerprint density at radius 3 is 2.52 bits per heavy atom. The van der Waals surface area contributed by atoms with Gasteiger partial charge < -0.3 is 5.32 Å². The highest BCUT2D eigenvalue weighted by Gasteiger charge is 2.23. The lowest BCUT2D eigenvalue weighted by Gasteiger charge is -2.18. The van der Waals surface area contributed by atoms with Crippen LogP contribution in [0.3, 0.4) is 0 Å². The predicted molar refractivity (Wildman–Crippen MR) is 111 cm³/mol. The molecule has 0 saturated carbocycles. The molecule has 1 amide bonds. The zero-order valence-electron chi connectivity index (χ0n) is 15.3. The standard InChI is InChI=1S/C21H16ClFN4OS/c1-13-19(25-26-27(13)17-10-8-16(23)9-11-17)21(28)24-20(18-3-2-12-29-18)14-4-6-15(22)7-5-14/h2-12,20H,1H3,(H,24,28). The molecule has 0 saturated heterocycles. The molecule has 2 aromatic heterocycles. The van der Waals surface area contributed by atoms with Gasteiger partial charge in [0.15, 0.2) is 5.69 Å². The Morgan fingerprint density at radius 2 is 1.86 bits per heavy atom. The van der Waals surface area contributed by atoms with Gasteiger partial charge in [0.05, 0.1) is 17.4 Å². The average molecular weight is 427 g/mol. The zero-order valence-corrected chi connectivity index (χ0v) is 16.9. The Bertz CT molecular complexity index is 1120. The van der Waals surface area contributed by atoms with Crippen molar-refractivity contribution in [2.24, 2.45) is 0 Å². The second-order valence-corrected chi connectivity index (χ2v) is 7.80. The van der Waals surface area contributed by atoms with E-state index >= 15 is 0 Å². The molecule has 1 unspecified atom stereocenters. The molecule has 4 rings (SSSR count). The van der Waals surface area contributed by atoms with Gasteiger partial charge in [0, 0.05) is 9.90 Å². The molecule has 0 bridgehead atoms. The van der Waals surface area contributed by atoms with E-state index in [-0.39, 0.29) is 23.5 Å². The fourth-order valence-electron chi connectivity index (χ4n) is 3.00. The number of aromatic nitrogens is 3. The molecule has 1 atom stereocenters. The normalized spacial score (nSPS) is 12.0. The van der Waals surface area contributed by atoms with Gasteiger partial charge in [-0.15, -0.1) is 16.4 Å². The quantitative estimate of drug-likeness (QED) is 0.491. The van der Waals surface area contributed by atoms with Crippen molar-refractivity contribution < 1.29 is 9.18 Å². The summed E-state index contributed by atoms with van der Waals surface area (Å²) in [5, 5.41) is 13.7. The molecule has 0 aliphatic rings. The molecule has 146 valence electrons. The van der Waals surface area contributed by atoms with Crippen molar-refractivity contribution in [2.45, 2.75) is 13.0 Å². The summed E-state index contributed by atoms with van der Waals surface area (Å²) in [5.41, 5.74) is 2.32. The van der Waals surface area contributed by atoms with Gasteiger partial charge in [-0.25, -0.2) is 9.07 Å². The molecular weight excluding hydrogens is 411 g/mol. The number of hydrogen-bond acceptors (Lipinski definition) is 4. The molecule has 2 heterocycles. The minimum Gasteiger partial charge on any atom is -0.339 e. The van der Waals surface area contributed by atoms with Crippen molar-refractivity contribution >= 4 is 28.8 Å². The van der Waals surface area contributed by atoms with Crippen LogP contribution in [-0.2, 0) is 0 Å². The van der Waals surface area contributed by atoms with Gasteiger partial charge in [-0.1, -0.05) is 35.0 Å². The van der Waals surface area contributed by atoms with Crippen LogP contribution in [0.15, 0.2) is 66.0 Å². The summed E-state index contributed by atoms with van der Waals surface area (Å²) in [7, 11) is 0. The summed E-state index contributed by atoms with van der Waals surface area (Å²) in [6.45, 7) is 1.75. The van der Waals surface area contributed by atoms with Crippen LogP contribution in [0, 0.1) is 12.7 Å². The fraction of sp³-hybridized carbons (Fsp3) is 0.0952. The molecule has 4 aromatic rings. The number of nitrogens with one attached hydrogen (secondary N) is 1. The van der Waals surface area contributed by atoms with Gasteiger partial charge >= 0.3 is 0 Å². The monoisotopic (exact) mass is 426 g/mol. The largest absolute Gasteiger partial charge is 0.339 e. The van der Waals surface area contributed by atoms with Gasteiger partial charge in [-0.05, 0) is 60.3 Å². The Labute approximate surface area is 175 Å². The number of benzene rings is 2. The van der Waals surface area contributed by atoms with Crippen LogP contribution in [-0.4, -0.2) is 20.9 Å². The molecule has 0 fully saturated rings. The summed E-state index contributed by atoms with van der Waals surface area (Å²) in [4.78, 5) is 14.0. The highest BCUT2D eigenvalue weighted by atomic mass is 35.5. The lowest BCUT2D eigenvalue weighted by molar-refractivity contribution is 0.0937. The average Bonchev–Trinajstić information content (AvgIpc) is 3.38. The number of halogens is 2. The topological polar surface area (TPSA) is 59.8 Å². The number of carbonyl (C=O) groups is 1. The third-order valence-electron chi connectivity index (χ3n) is 4.49. The highest BCUT2D eigenvalue weighted by molar-refractivity contribution is 7.10. The summed E-state index contributed by atoms with van der Waals surface area (Å²) in [5.74, 6) is -0.685. The van der Waals surface area contributed by atoms with Crippen molar-refractivity contribution in [1.82, 2.24) is 20.3 Å². The summed E-state index contributed by atoms with van der Waals surface area (Å²) in [6, 6.07) is 16.8. The molecule has 29 heavy (non-hydrogen) atoms. The van der Waals surface area contributed by atoms with E-state index in [1.807, 2.05) is 29.6 Å². The fourth-order valence-corrected chi connectivity index (χ4v) is 3.92. The summed E-state index contributed by atoms with van der Waals surface area (Å²) >= 11 is 7.56. The highest BCUT2D eigenvalue weighted by Crippen LogP contribution is 2.27. The van der Waals surface area contributed by atoms with E-state index in [9.17, 15) is 9.18 Å². The minimum absolute atomic E-state index is 0.213. The number of carbonyl (C=O) groups excluding carboxylic acids is 1. The first kappa shape index (κ1) is 19.3. The lowest BCUT2D eigenvalue weighted by Crippen LogP contribution is -2.29. The molecule has 0 aliphatic carbocycles. The molecule has 0 radical (unpaired) electrons. The second kappa shape index (κ2) is 8.14. The first-order valence-corrected chi connectivity index (χ1v) is 10.1. The third-order valence-corrected chi connectivity index (χ3v) is 5.68. The predicted octanol–water partition coefficient (Wildman–Crippen LogP) is 4.95. The van der Waals surface area contributed by atoms with Crippen molar-refractivity contribution in [3.8, 4) is 5.69 Å². The Hall–Kier alpha value is -3.03. The number of hydrogen-bond donors (Lipinski definition) is 1. The zero-order chi connectivity index (χ0) is 20.4. The molecule has 8 heteroatoms. The summed E-state index contributed by atoms with van der Waals surface area (Å²) < 4.78 is 14.7. The third kappa shape index (κ3) is 4.06. The van der Waals surface area contributed by atoms with Gasteiger partial charge in [0.2, 0.25) is 0 Å². The molecule has 5 nitrogen and oxygen atoms in total. The van der Waals surface area contributed by atoms with E-state index < -0.39 is 0 Å². The van der Waals surface area contributed by atoms with Crippen molar-refractivity contribution in [2.75, 3.05) is 0 Å². The molecule has 0 aliphatic heterocycles. The smallest absolute Gasteiger partial charge is 0.274 e. The molecule has 1 N–H and O–H groups in total. The molecule has 2 aromatic carbocycles. The Kier molecular flexibility index (Phi) is 5.42. The Balaban J connectivity index is 1.63. The number of thiophene rings is 1. The van der Waals surface area contributed by atoms with Crippen LogP contribution in [0.2, 0.25) is 5.02 Å². The van der Waals surface area contributed by atoms with Gasteiger partial charge in [-0.3, -0.25) is 4.79 Å². The van der Waals surface area contributed by atoms with Crippen LogP contribution >= 0.6 is 22.9 Å². The van der Waals surface area contributed by atoms with Crippen LogP contribution < -0.4 is 5.32 Å². The van der Waals surface area contributed by atoms with Gasteiger partial charge in [0.25, 0.3) is 5.91 Å². The second-order valence-electron chi connectivity index (χ2n) is 6.39. The summed E-state index contributed by atoms with van der Waals surface area (Å²) in [6.07, 6.45) is 0. The van der Waals surface area contributed by atoms with E-state index in [0.29, 0.717) is 16.4 Å². The van der Waals surface area contributed by atoms with Crippen molar-refractivity contribution in [3.05, 3.63) is 98.7 Å². The van der Waals surface area contributed by atoms with E-state index in [0.717, 1.165) is 10.4 Å². The van der Waals surface area contributed by atoms with Gasteiger partial charge in [-0.2, -0.15) is 0 Å². The van der Waals surface area contributed by atoms with Crippen LogP contribution in [0.4, 0.5) is 4.39 Å². The maximum atomic E-state index is 13.2. The molecular formula is C21H16ClFN4OS. The van der Waals surface area contributed by atoms with E-state index in [1.165, 1.54) is 16.8 Å². The van der Waals surface area contributed by atoms with Crippen molar-refractivity contribution in [3.63, 3.8) is 0 Å². The number of rotatable bonds is 5. The van der Waals surface area contributed by atoms with Gasteiger partial charge in [0.1, 0.15) is 5.82 Å². The maximum absolute atomic E-state index is 13.2. The Morgan fingerprint density at radius 1 is 1.14 bits per heavy atom. The van der Waals surface area contributed by atoms with E-state index in [4.69, 9.17) is 11.6 Å². The lowest BCUT2D eigenvalue weighted by atomic mass is 10.1. The van der Waals surface area contributed by atoms with Crippen LogP contribution in [0.25, 0.3) is 5.69 Å². The number of amides is 1. The number of nitrogens with zero attached hydrogens (tertiary/aromatic N) is 3. The molecule has 0 spiro atoms.